The predicted octanol–water partition coefficient (Wildman–Crippen LogP) is 2.57. The van der Waals surface area contributed by atoms with Gasteiger partial charge in [0.2, 0.25) is 5.95 Å². The normalized spacial score (nSPS) is 18.6. The van der Waals surface area contributed by atoms with Gasteiger partial charge >= 0.3 is 0 Å². The van der Waals surface area contributed by atoms with Crippen LogP contribution in [0.15, 0.2) is 36.5 Å². The van der Waals surface area contributed by atoms with Gasteiger partial charge in [0.15, 0.2) is 0 Å². The van der Waals surface area contributed by atoms with Crippen molar-refractivity contribution >= 4 is 23.1 Å². The third kappa shape index (κ3) is 3.85. The molecule has 4 rings (SSSR count). The molecule has 1 aromatic carbocycles. The molecule has 0 saturated carbocycles. The van der Waals surface area contributed by atoms with Crippen molar-refractivity contribution in [2.24, 2.45) is 0 Å². The summed E-state index contributed by atoms with van der Waals surface area (Å²) in [5, 5.41) is 3.40. The molecule has 6 nitrogen and oxygen atoms in total. The second-order valence-corrected chi connectivity index (χ2v) is 6.90. The molecule has 2 fully saturated rings. The topological polar surface area (TPSA) is 47.5 Å². The van der Waals surface area contributed by atoms with Crippen molar-refractivity contribution in [2.75, 3.05) is 61.4 Å². The minimum absolute atomic E-state index is 0.812. The quantitative estimate of drug-likeness (QED) is 0.925. The third-order valence-electron chi connectivity index (χ3n) is 5.04. The minimum Gasteiger partial charge on any atom is -0.372 e. The lowest BCUT2D eigenvalue weighted by Gasteiger charge is -2.32. The van der Waals surface area contributed by atoms with Gasteiger partial charge in [-0.2, -0.15) is 4.98 Å². The summed E-state index contributed by atoms with van der Waals surface area (Å²) in [6, 6.07) is 10.6. The highest BCUT2D eigenvalue weighted by atomic mass is 15.3. The van der Waals surface area contributed by atoms with Crippen LogP contribution in [0.2, 0.25) is 0 Å². The fourth-order valence-corrected chi connectivity index (χ4v) is 3.46. The standard InChI is InChI=1S/C19H26N6/c1-23-12-14-25(15-13-23)19-20-9-8-18(22-19)21-16-4-6-17(7-5-16)24-10-2-3-11-24/h4-9H,2-3,10-15H2,1H3,(H,20,21,22). The molecule has 25 heavy (non-hydrogen) atoms. The first-order chi connectivity index (χ1) is 12.3. The van der Waals surface area contributed by atoms with Gasteiger partial charge in [-0.05, 0) is 50.2 Å². The van der Waals surface area contributed by atoms with Crippen molar-refractivity contribution in [3.63, 3.8) is 0 Å². The maximum absolute atomic E-state index is 4.69. The summed E-state index contributed by atoms with van der Waals surface area (Å²) in [4.78, 5) is 16.2. The van der Waals surface area contributed by atoms with Gasteiger partial charge in [0, 0.05) is 56.8 Å². The Hall–Kier alpha value is -2.34. The highest BCUT2D eigenvalue weighted by Crippen LogP contribution is 2.24. The predicted molar refractivity (Wildman–Crippen MR) is 103 cm³/mol. The fourth-order valence-electron chi connectivity index (χ4n) is 3.46. The molecule has 0 amide bonds. The van der Waals surface area contributed by atoms with Gasteiger partial charge in [0.1, 0.15) is 5.82 Å². The average Bonchev–Trinajstić information content (AvgIpc) is 3.18. The van der Waals surface area contributed by atoms with Crippen LogP contribution in [-0.2, 0) is 0 Å². The van der Waals surface area contributed by atoms with E-state index in [9.17, 15) is 0 Å². The summed E-state index contributed by atoms with van der Waals surface area (Å²) in [6.07, 6.45) is 4.44. The Morgan fingerprint density at radius 2 is 1.56 bits per heavy atom. The van der Waals surface area contributed by atoms with E-state index in [1.54, 1.807) is 0 Å². The second kappa shape index (κ2) is 7.27. The lowest BCUT2D eigenvalue weighted by atomic mass is 10.2. The molecule has 0 aliphatic carbocycles. The van der Waals surface area contributed by atoms with E-state index in [1.807, 2.05) is 12.3 Å². The zero-order valence-electron chi connectivity index (χ0n) is 14.9. The molecule has 0 atom stereocenters. The van der Waals surface area contributed by atoms with E-state index in [1.165, 1.54) is 31.6 Å². The Morgan fingerprint density at radius 1 is 0.840 bits per heavy atom. The minimum atomic E-state index is 0.812. The van der Waals surface area contributed by atoms with Crippen LogP contribution in [0.25, 0.3) is 0 Å². The van der Waals surface area contributed by atoms with Crippen molar-refractivity contribution < 1.29 is 0 Å². The highest BCUT2D eigenvalue weighted by molar-refractivity contribution is 5.61. The highest BCUT2D eigenvalue weighted by Gasteiger charge is 2.16. The van der Waals surface area contributed by atoms with Gasteiger partial charge in [0.05, 0.1) is 0 Å². The Labute approximate surface area is 149 Å². The van der Waals surface area contributed by atoms with Crippen LogP contribution in [0.1, 0.15) is 12.8 Å². The van der Waals surface area contributed by atoms with Gasteiger partial charge < -0.3 is 20.0 Å². The van der Waals surface area contributed by atoms with E-state index >= 15 is 0 Å². The maximum Gasteiger partial charge on any atom is 0.227 e. The Morgan fingerprint density at radius 3 is 2.28 bits per heavy atom. The lowest BCUT2D eigenvalue weighted by Crippen LogP contribution is -2.45. The molecule has 2 aliphatic rings. The molecule has 2 aliphatic heterocycles. The molecule has 132 valence electrons. The molecule has 0 bridgehead atoms. The number of benzene rings is 1. The first kappa shape index (κ1) is 16.1. The van der Waals surface area contributed by atoms with E-state index in [0.717, 1.165) is 43.6 Å². The van der Waals surface area contributed by atoms with Gasteiger partial charge in [-0.3, -0.25) is 0 Å². The number of hydrogen-bond donors (Lipinski definition) is 1. The van der Waals surface area contributed by atoms with E-state index in [4.69, 9.17) is 4.98 Å². The summed E-state index contributed by atoms with van der Waals surface area (Å²) in [5.41, 5.74) is 2.37. The van der Waals surface area contributed by atoms with Crippen molar-refractivity contribution in [2.45, 2.75) is 12.8 Å². The zero-order valence-corrected chi connectivity index (χ0v) is 14.9. The number of hydrogen-bond acceptors (Lipinski definition) is 6. The second-order valence-electron chi connectivity index (χ2n) is 6.90. The van der Waals surface area contributed by atoms with Crippen LogP contribution < -0.4 is 15.1 Å². The number of likely N-dealkylation sites (N-methyl/N-ethyl adjacent to an activating group) is 1. The summed E-state index contributed by atoms with van der Waals surface area (Å²) < 4.78 is 0. The summed E-state index contributed by atoms with van der Waals surface area (Å²) in [5.74, 6) is 1.66. The first-order valence-electron chi connectivity index (χ1n) is 9.16. The molecule has 2 saturated heterocycles. The van der Waals surface area contributed by atoms with E-state index in [-0.39, 0.29) is 0 Å². The van der Waals surface area contributed by atoms with E-state index in [0.29, 0.717) is 0 Å². The SMILES string of the molecule is CN1CCN(c2nccc(Nc3ccc(N4CCCC4)cc3)n2)CC1. The molecular weight excluding hydrogens is 312 g/mol. The van der Waals surface area contributed by atoms with Crippen molar-refractivity contribution in [3.8, 4) is 0 Å². The Balaban J connectivity index is 1.43. The first-order valence-corrected chi connectivity index (χ1v) is 9.16. The van der Waals surface area contributed by atoms with Crippen LogP contribution in [-0.4, -0.2) is 61.2 Å². The molecule has 0 radical (unpaired) electrons. The number of nitrogens with zero attached hydrogens (tertiary/aromatic N) is 5. The Kier molecular flexibility index (Phi) is 4.70. The van der Waals surface area contributed by atoms with Crippen LogP contribution >= 0.6 is 0 Å². The fraction of sp³-hybridized carbons (Fsp3) is 0.474. The van der Waals surface area contributed by atoms with Crippen LogP contribution in [0, 0.1) is 0 Å². The van der Waals surface area contributed by atoms with Gasteiger partial charge in [-0.25, -0.2) is 4.98 Å². The Bertz CT molecular complexity index is 687. The monoisotopic (exact) mass is 338 g/mol. The number of rotatable bonds is 4. The van der Waals surface area contributed by atoms with Crippen LogP contribution in [0.3, 0.4) is 0 Å². The molecule has 1 aromatic heterocycles. The smallest absolute Gasteiger partial charge is 0.227 e. The maximum atomic E-state index is 4.69. The van der Waals surface area contributed by atoms with Gasteiger partial charge in [-0.15, -0.1) is 0 Å². The molecule has 6 heteroatoms. The van der Waals surface area contributed by atoms with Gasteiger partial charge in [0.25, 0.3) is 0 Å². The summed E-state index contributed by atoms with van der Waals surface area (Å²) in [7, 11) is 2.15. The number of nitrogens with one attached hydrogen (secondary N) is 1. The largest absolute Gasteiger partial charge is 0.372 e. The van der Waals surface area contributed by atoms with E-state index in [2.05, 4.69) is 56.3 Å². The van der Waals surface area contributed by atoms with Crippen molar-refractivity contribution in [1.82, 2.24) is 14.9 Å². The molecule has 0 unspecified atom stereocenters. The van der Waals surface area contributed by atoms with Crippen molar-refractivity contribution in [1.29, 1.82) is 0 Å². The molecular formula is C19H26N6. The molecule has 2 aromatic rings. The summed E-state index contributed by atoms with van der Waals surface area (Å²) >= 11 is 0. The number of aromatic nitrogens is 2. The van der Waals surface area contributed by atoms with Gasteiger partial charge in [-0.1, -0.05) is 0 Å². The molecule has 0 spiro atoms. The molecule has 1 N–H and O–H groups in total. The zero-order chi connectivity index (χ0) is 17.1. The number of piperazine rings is 1. The summed E-state index contributed by atoms with van der Waals surface area (Å²) in [6.45, 7) is 6.41. The van der Waals surface area contributed by atoms with Crippen LogP contribution in [0.5, 0.6) is 0 Å². The molecule has 3 heterocycles. The van der Waals surface area contributed by atoms with E-state index < -0.39 is 0 Å². The van der Waals surface area contributed by atoms with Crippen LogP contribution in [0.4, 0.5) is 23.1 Å². The third-order valence-corrected chi connectivity index (χ3v) is 5.04. The number of anilines is 4. The lowest BCUT2D eigenvalue weighted by molar-refractivity contribution is 0.311. The van der Waals surface area contributed by atoms with Crippen molar-refractivity contribution in [3.05, 3.63) is 36.5 Å². The average molecular weight is 338 g/mol.